The van der Waals surface area contributed by atoms with Gasteiger partial charge in [-0.1, -0.05) is 5.10 Å². The highest BCUT2D eigenvalue weighted by atomic mass is 16.5. The first-order chi connectivity index (χ1) is 7.93. The molecule has 1 aliphatic rings. The molecular weight excluding hydrogens is 210 g/mol. The van der Waals surface area contributed by atoms with Gasteiger partial charge >= 0.3 is 6.01 Å². The summed E-state index contributed by atoms with van der Waals surface area (Å²) >= 11 is 0. The number of furan rings is 1. The molecule has 0 saturated carbocycles. The van der Waals surface area contributed by atoms with Crippen LogP contribution in [0.25, 0.3) is 11.7 Å². The van der Waals surface area contributed by atoms with Crippen molar-refractivity contribution in [2.45, 2.75) is 0 Å². The second-order valence-electron chi connectivity index (χ2n) is 3.47. The Bertz CT molecular complexity index is 446. The summed E-state index contributed by atoms with van der Waals surface area (Å²) in [4.78, 5) is 2.00. The van der Waals surface area contributed by atoms with Crippen molar-refractivity contribution in [2.75, 3.05) is 31.2 Å². The van der Waals surface area contributed by atoms with Crippen LogP contribution in [-0.2, 0) is 4.74 Å². The highest BCUT2D eigenvalue weighted by Gasteiger charge is 2.18. The fourth-order valence-electron chi connectivity index (χ4n) is 1.60. The van der Waals surface area contributed by atoms with Crippen molar-refractivity contribution in [2.24, 2.45) is 0 Å². The zero-order valence-electron chi connectivity index (χ0n) is 8.63. The summed E-state index contributed by atoms with van der Waals surface area (Å²) < 4.78 is 16.0. The van der Waals surface area contributed by atoms with Crippen LogP contribution in [0, 0.1) is 0 Å². The van der Waals surface area contributed by atoms with Gasteiger partial charge in [-0.15, -0.1) is 5.10 Å². The van der Waals surface area contributed by atoms with E-state index in [-0.39, 0.29) is 0 Å². The molecular formula is C10H11N3O3. The summed E-state index contributed by atoms with van der Waals surface area (Å²) in [5, 5.41) is 7.93. The Hall–Kier alpha value is -1.82. The van der Waals surface area contributed by atoms with Crippen LogP contribution < -0.4 is 4.90 Å². The molecule has 6 nitrogen and oxygen atoms in total. The minimum Gasteiger partial charge on any atom is -0.459 e. The normalized spacial score (nSPS) is 16.6. The molecule has 0 amide bonds. The van der Waals surface area contributed by atoms with Crippen LogP contribution in [0.5, 0.6) is 0 Å². The third-order valence-corrected chi connectivity index (χ3v) is 2.43. The van der Waals surface area contributed by atoms with Gasteiger partial charge in [0.15, 0.2) is 5.76 Å². The molecule has 0 aromatic carbocycles. The van der Waals surface area contributed by atoms with Gasteiger partial charge < -0.3 is 18.5 Å². The van der Waals surface area contributed by atoms with Gasteiger partial charge in [-0.25, -0.2) is 0 Å². The SMILES string of the molecule is c1coc(-c2nnc(N3CCOCC3)o2)c1. The Labute approximate surface area is 91.8 Å². The molecule has 6 heteroatoms. The molecule has 84 valence electrons. The Morgan fingerprint density at radius 3 is 2.81 bits per heavy atom. The number of rotatable bonds is 2. The summed E-state index contributed by atoms with van der Waals surface area (Å²) in [6.07, 6.45) is 1.58. The maximum absolute atomic E-state index is 5.52. The average Bonchev–Trinajstić information content (AvgIpc) is 3.01. The summed E-state index contributed by atoms with van der Waals surface area (Å²) in [6.45, 7) is 2.94. The van der Waals surface area contributed by atoms with Gasteiger partial charge in [0, 0.05) is 13.1 Å². The Morgan fingerprint density at radius 2 is 2.06 bits per heavy atom. The van der Waals surface area contributed by atoms with E-state index in [1.54, 1.807) is 18.4 Å². The van der Waals surface area contributed by atoms with Crippen molar-refractivity contribution < 1.29 is 13.6 Å². The van der Waals surface area contributed by atoms with E-state index < -0.39 is 0 Å². The van der Waals surface area contributed by atoms with E-state index in [9.17, 15) is 0 Å². The highest BCUT2D eigenvalue weighted by molar-refractivity contribution is 5.44. The minimum absolute atomic E-state index is 0.409. The van der Waals surface area contributed by atoms with Gasteiger partial charge in [0.2, 0.25) is 0 Å². The van der Waals surface area contributed by atoms with Crippen molar-refractivity contribution in [3.63, 3.8) is 0 Å². The largest absolute Gasteiger partial charge is 0.459 e. The second kappa shape index (κ2) is 3.97. The van der Waals surface area contributed by atoms with Gasteiger partial charge in [-0.2, -0.15) is 0 Å². The predicted octanol–water partition coefficient (Wildman–Crippen LogP) is 1.17. The van der Waals surface area contributed by atoms with E-state index in [1.165, 1.54) is 0 Å². The molecule has 2 aromatic heterocycles. The fraction of sp³-hybridized carbons (Fsp3) is 0.400. The first-order valence-corrected chi connectivity index (χ1v) is 5.13. The van der Waals surface area contributed by atoms with E-state index in [4.69, 9.17) is 13.6 Å². The van der Waals surface area contributed by atoms with E-state index >= 15 is 0 Å². The summed E-state index contributed by atoms with van der Waals surface area (Å²) in [5.74, 6) is 0.999. The molecule has 0 aliphatic carbocycles. The van der Waals surface area contributed by atoms with Crippen LogP contribution in [0.2, 0.25) is 0 Å². The van der Waals surface area contributed by atoms with Gasteiger partial charge in [0.1, 0.15) is 0 Å². The molecule has 0 bridgehead atoms. The number of hydrogen-bond acceptors (Lipinski definition) is 6. The quantitative estimate of drug-likeness (QED) is 0.758. The smallest absolute Gasteiger partial charge is 0.318 e. The third-order valence-electron chi connectivity index (χ3n) is 2.43. The fourth-order valence-corrected chi connectivity index (χ4v) is 1.60. The van der Waals surface area contributed by atoms with E-state index in [2.05, 4.69) is 10.2 Å². The molecule has 2 aromatic rings. The summed E-state index contributed by atoms with van der Waals surface area (Å²) in [6, 6.07) is 4.10. The van der Waals surface area contributed by atoms with Gasteiger partial charge in [-0.3, -0.25) is 0 Å². The Morgan fingerprint density at radius 1 is 1.19 bits per heavy atom. The number of anilines is 1. The van der Waals surface area contributed by atoms with E-state index in [0.717, 1.165) is 13.1 Å². The molecule has 1 saturated heterocycles. The van der Waals surface area contributed by atoms with Crippen molar-refractivity contribution in [3.05, 3.63) is 18.4 Å². The van der Waals surface area contributed by atoms with Crippen molar-refractivity contribution >= 4 is 6.01 Å². The van der Waals surface area contributed by atoms with Crippen LogP contribution in [0.15, 0.2) is 27.2 Å². The van der Waals surface area contributed by atoms with Crippen LogP contribution in [0.4, 0.5) is 6.01 Å². The molecule has 0 atom stereocenters. The van der Waals surface area contributed by atoms with Crippen LogP contribution in [0.3, 0.4) is 0 Å². The lowest BCUT2D eigenvalue weighted by molar-refractivity contribution is 0.120. The Kier molecular flexibility index (Phi) is 2.34. The molecule has 0 unspecified atom stereocenters. The number of nitrogens with zero attached hydrogens (tertiary/aromatic N) is 3. The molecule has 16 heavy (non-hydrogen) atoms. The molecule has 0 radical (unpaired) electrons. The van der Waals surface area contributed by atoms with Gasteiger partial charge in [0.05, 0.1) is 19.5 Å². The summed E-state index contributed by atoms with van der Waals surface area (Å²) in [5.41, 5.74) is 0. The predicted molar refractivity (Wildman–Crippen MR) is 55.0 cm³/mol. The van der Waals surface area contributed by atoms with Crippen molar-refractivity contribution in [1.82, 2.24) is 10.2 Å². The zero-order valence-corrected chi connectivity index (χ0v) is 8.63. The monoisotopic (exact) mass is 221 g/mol. The lowest BCUT2D eigenvalue weighted by Crippen LogP contribution is -2.36. The van der Waals surface area contributed by atoms with Gasteiger partial charge in [0.25, 0.3) is 5.89 Å². The standard InChI is InChI=1S/C10H11N3O3/c1-2-8(15-5-1)9-11-12-10(16-9)13-3-6-14-7-4-13/h1-2,5H,3-4,6-7H2. The minimum atomic E-state index is 0.409. The maximum Gasteiger partial charge on any atom is 0.318 e. The topological polar surface area (TPSA) is 64.5 Å². The maximum atomic E-state index is 5.52. The molecule has 3 rings (SSSR count). The molecule has 1 aliphatic heterocycles. The first kappa shape index (κ1) is 9.41. The zero-order chi connectivity index (χ0) is 10.8. The lowest BCUT2D eigenvalue weighted by atomic mass is 10.4. The number of aromatic nitrogens is 2. The highest BCUT2D eigenvalue weighted by Crippen LogP contribution is 2.22. The molecule has 0 N–H and O–H groups in total. The molecule has 1 fully saturated rings. The van der Waals surface area contributed by atoms with Crippen molar-refractivity contribution in [3.8, 4) is 11.7 Å². The Balaban J connectivity index is 1.82. The second-order valence-corrected chi connectivity index (χ2v) is 3.47. The van der Waals surface area contributed by atoms with E-state index in [0.29, 0.717) is 30.9 Å². The number of hydrogen-bond donors (Lipinski definition) is 0. The first-order valence-electron chi connectivity index (χ1n) is 5.13. The van der Waals surface area contributed by atoms with Crippen molar-refractivity contribution in [1.29, 1.82) is 0 Å². The number of ether oxygens (including phenoxy) is 1. The molecule has 0 spiro atoms. The van der Waals surface area contributed by atoms with Crippen LogP contribution in [-0.4, -0.2) is 36.5 Å². The lowest BCUT2D eigenvalue weighted by Gasteiger charge is -2.24. The average molecular weight is 221 g/mol. The number of morpholine rings is 1. The van der Waals surface area contributed by atoms with Gasteiger partial charge in [-0.05, 0) is 12.1 Å². The third kappa shape index (κ3) is 1.67. The van der Waals surface area contributed by atoms with Crippen LogP contribution in [0.1, 0.15) is 0 Å². The molecule has 3 heterocycles. The van der Waals surface area contributed by atoms with E-state index in [1.807, 2.05) is 4.90 Å². The van der Waals surface area contributed by atoms with Crippen LogP contribution >= 0.6 is 0 Å². The summed E-state index contributed by atoms with van der Waals surface area (Å²) in [7, 11) is 0.